The van der Waals surface area contributed by atoms with Crippen molar-refractivity contribution in [2.45, 2.75) is 5.60 Å². The normalized spacial score (nSPS) is 12.0. The molecule has 0 aliphatic heterocycles. The second kappa shape index (κ2) is 2.99. The molecule has 0 atom stereocenters. The Morgan fingerprint density at radius 3 is 1.25 bits per heavy atom. The topological polar surface area (TPSA) is 80.6 Å². The minimum absolute atomic E-state index is 0.736. The van der Waals surface area contributed by atoms with Crippen molar-refractivity contribution in [2.24, 2.45) is 0 Å². The third kappa shape index (κ3) is 1.75. The summed E-state index contributed by atoms with van der Waals surface area (Å²) in [6.07, 6.45) is 0. The molecule has 0 aromatic rings. The van der Waals surface area contributed by atoms with Gasteiger partial charge in [-0.1, -0.05) is 0 Å². The van der Waals surface area contributed by atoms with Crippen molar-refractivity contribution < 1.29 is 20.4 Å². The van der Waals surface area contributed by atoms with Crippen LogP contribution in [0.1, 0.15) is 0 Å². The minimum atomic E-state index is -1.96. The number of hydrogen-bond donors (Lipinski definition) is 3. The molecule has 49 valence electrons. The number of rotatable bonds is 3. The van der Waals surface area contributed by atoms with Crippen molar-refractivity contribution in [3.05, 3.63) is 0 Å². The van der Waals surface area contributed by atoms with E-state index in [2.05, 4.69) is 0 Å². The van der Waals surface area contributed by atoms with E-state index >= 15 is 0 Å². The van der Waals surface area contributed by atoms with Crippen LogP contribution in [0.25, 0.3) is 0 Å². The van der Waals surface area contributed by atoms with Gasteiger partial charge in [0.05, 0.1) is 19.8 Å². The molecule has 8 heavy (non-hydrogen) atoms. The molecule has 0 saturated heterocycles. The smallest absolute Gasteiger partial charge is 0.172 e. The summed E-state index contributed by atoms with van der Waals surface area (Å²) in [7, 11) is 0. The third-order valence-corrected chi connectivity index (χ3v) is 0.864. The second-order valence-corrected chi connectivity index (χ2v) is 1.66. The van der Waals surface area contributed by atoms with Crippen LogP contribution in [0.5, 0.6) is 0 Å². The first-order valence-corrected chi connectivity index (χ1v) is 2.21. The molecule has 0 aromatic heterocycles. The maximum Gasteiger partial charge on any atom is 0.172 e. The van der Waals surface area contributed by atoms with Gasteiger partial charge in [0.2, 0.25) is 0 Å². The highest BCUT2D eigenvalue weighted by Crippen LogP contribution is 1.99. The second-order valence-electron chi connectivity index (χ2n) is 1.66. The quantitative estimate of drug-likeness (QED) is 0.409. The zero-order valence-corrected chi connectivity index (χ0v) is 4.37. The molecular weight excluding hydrogens is 112 g/mol. The van der Waals surface area contributed by atoms with Gasteiger partial charge in [-0.05, 0) is 0 Å². The summed E-state index contributed by atoms with van der Waals surface area (Å²) < 4.78 is 0. The summed E-state index contributed by atoms with van der Waals surface area (Å²) in [6, 6.07) is 0. The van der Waals surface area contributed by atoms with Gasteiger partial charge in [0, 0.05) is 0 Å². The maximum absolute atomic E-state index is 10.5. The Kier molecular flexibility index (Phi) is 2.93. The van der Waals surface area contributed by atoms with Crippen molar-refractivity contribution in [3.8, 4) is 0 Å². The van der Waals surface area contributed by atoms with Gasteiger partial charge in [0.1, 0.15) is 0 Å². The van der Waals surface area contributed by atoms with Gasteiger partial charge in [-0.2, -0.15) is 0 Å². The van der Waals surface area contributed by atoms with Crippen LogP contribution in [0.15, 0.2) is 0 Å². The molecule has 0 spiro atoms. The average Bonchev–Trinajstić information content (AvgIpc) is 1.87. The van der Waals surface area contributed by atoms with Gasteiger partial charge in [0.25, 0.3) is 0 Å². The lowest BCUT2D eigenvalue weighted by Crippen LogP contribution is -2.39. The van der Waals surface area contributed by atoms with Crippen LogP contribution < -0.4 is 0 Å². The molecule has 0 fully saturated rings. The molecule has 3 N–H and O–H groups in total. The number of aliphatic hydroxyl groups excluding tert-OH is 3. The minimum Gasteiger partial charge on any atom is -0.393 e. The molecule has 4 nitrogen and oxygen atoms in total. The fourth-order valence-electron chi connectivity index (χ4n) is 0.150. The third-order valence-electron chi connectivity index (χ3n) is 0.864. The van der Waals surface area contributed by atoms with Gasteiger partial charge in [-0.25, -0.2) is 5.11 Å². The van der Waals surface area contributed by atoms with Gasteiger partial charge >= 0.3 is 0 Å². The molecule has 0 aromatic carbocycles. The Labute approximate surface area is 47.0 Å². The van der Waals surface area contributed by atoms with E-state index in [0.29, 0.717) is 0 Å². The Balaban J connectivity index is 3.58. The maximum atomic E-state index is 10.5. The molecule has 1 radical (unpaired) electrons. The van der Waals surface area contributed by atoms with Crippen LogP contribution >= 0.6 is 0 Å². The largest absolute Gasteiger partial charge is 0.393 e. The van der Waals surface area contributed by atoms with Crippen molar-refractivity contribution in [2.75, 3.05) is 19.8 Å². The van der Waals surface area contributed by atoms with Crippen LogP contribution in [0.2, 0.25) is 0 Å². The number of hydrogen-bond acceptors (Lipinski definition) is 3. The zero-order valence-electron chi connectivity index (χ0n) is 4.37. The van der Waals surface area contributed by atoms with Crippen LogP contribution in [-0.2, 0) is 5.11 Å². The summed E-state index contributed by atoms with van der Waals surface area (Å²) in [5.41, 5.74) is -1.96. The van der Waals surface area contributed by atoms with Crippen molar-refractivity contribution in [1.82, 2.24) is 0 Å². The molecule has 4 heteroatoms. The van der Waals surface area contributed by atoms with Crippen molar-refractivity contribution >= 4 is 0 Å². The zero-order chi connectivity index (χ0) is 6.62. The molecule has 0 amide bonds. The van der Waals surface area contributed by atoms with Crippen LogP contribution in [0.3, 0.4) is 0 Å². The predicted molar refractivity (Wildman–Crippen MR) is 24.7 cm³/mol. The first-order valence-electron chi connectivity index (χ1n) is 2.21. The standard InChI is InChI=1S/C4H9O4/c5-1-4(8,2-6)3-7/h5-7H,1-3H2. The van der Waals surface area contributed by atoms with E-state index in [-0.39, 0.29) is 0 Å². The van der Waals surface area contributed by atoms with Crippen LogP contribution in [0.4, 0.5) is 0 Å². The SMILES string of the molecule is [O]C(CO)(CO)CO. The monoisotopic (exact) mass is 121 g/mol. The fraction of sp³-hybridized carbons (Fsp3) is 1.00. The molecule has 0 aliphatic carbocycles. The first-order chi connectivity index (χ1) is 3.68. The van der Waals surface area contributed by atoms with Crippen molar-refractivity contribution in [3.63, 3.8) is 0 Å². The van der Waals surface area contributed by atoms with E-state index in [1.807, 2.05) is 0 Å². The van der Waals surface area contributed by atoms with Gasteiger partial charge < -0.3 is 15.3 Å². The highest BCUT2D eigenvalue weighted by molar-refractivity contribution is 4.73. The van der Waals surface area contributed by atoms with E-state index in [0.717, 1.165) is 0 Å². The lowest BCUT2D eigenvalue weighted by molar-refractivity contribution is -0.129. The molecule has 0 aliphatic rings. The Morgan fingerprint density at radius 1 is 1.00 bits per heavy atom. The van der Waals surface area contributed by atoms with Crippen molar-refractivity contribution in [1.29, 1.82) is 0 Å². The lowest BCUT2D eigenvalue weighted by Gasteiger charge is -2.15. The highest BCUT2D eigenvalue weighted by atomic mass is 16.4. The van der Waals surface area contributed by atoms with E-state index in [1.54, 1.807) is 0 Å². The molecule has 0 bridgehead atoms. The summed E-state index contributed by atoms with van der Waals surface area (Å²) in [5.74, 6) is 0. The molecule has 0 saturated carbocycles. The van der Waals surface area contributed by atoms with Crippen LogP contribution in [0, 0.1) is 0 Å². The van der Waals surface area contributed by atoms with Gasteiger partial charge in [-0.3, -0.25) is 0 Å². The van der Waals surface area contributed by atoms with Gasteiger partial charge in [-0.15, -0.1) is 0 Å². The summed E-state index contributed by atoms with van der Waals surface area (Å²) >= 11 is 0. The fourth-order valence-corrected chi connectivity index (χ4v) is 0.150. The summed E-state index contributed by atoms with van der Waals surface area (Å²) in [4.78, 5) is 0. The average molecular weight is 121 g/mol. The van der Waals surface area contributed by atoms with Gasteiger partial charge in [0.15, 0.2) is 5.60 Å². The van der Waals surface area contributed by atoms with E-state index < -0.39 is 25.4 Å². The highest BCUT2D eigenvalue weighted by Gasteiger charge is 2.25. The Hall–Kier alpha value is -0.160. The lowest BCUT2D eigenvalue weighted by atomic mass is 10.1. The Morgan fingerprint density at radius 2 is 1.25 bits per heavy atom. The van der Waals surface area contributed by atoms with Crippen LogP contribution in [-0.4, -0.2) is 40.7 Å². The molecular formula is C4H9O4. The summed E-state index contributed by atoms with van der Waals surface area (Å²) in [5, 5.41) is 34.9. The molecule has 0 rings (SSSR count). The number of aliphatic hydroxyl groups is 3. The molecule has 0 heterocycles. The van der Waals surface area contributed by atoms with E-state index in [9.17, 15) is 5.11 Å². The predicted octanol–water partition coefficient (Wildman–Crippen LogP) is -1.87. The first kappa shape index (κ1) is 7.84. The molecule has 0 unspecified atom stereocenters. The summed E-state index contributed by atoms with van der Waals surface area (Å²) in [6.45, 7) is -2.21. The van der Waals surface area contributed by atoms with E-state index in [4.69, 9.17) is 15.3 Å². The Bertz CT molecular complexity index is 50.8. The van der Waals surface area contributed by atoms with E-state index in [1.165, 1.54) is 0 Å².